The Labute approximate surface area is 123 Å². The maximum atomic E-state index is 9.07. The van der Waals surface area contributed by atoms with Crippen molar-refractivity contribution in [1.82, 2.24) is 0 Å². The first-order valence-corrected chi connectivity index (χ1v) is 7.35. The summed E-state index contributed by atoms with van der Waals surface area (Å²) >= 11 is 10.8. The standard InChI is InChI=1S/C13H10BrClN2S/c1-8(10-4-13(15)18-7-10)17-12-5-11(14)3-2-9(12)6-16/h2-5,7-8,17H,1H3. The molecule has 0 aliphatic heterocycles. The molecular formula is C13H10BrClN2S. The molecule has 1 atom stereocenters. The lowest BCUT2D eigenvalue weighted by atomic mass is 10.1. The molecule has 92 valence electrons. The molecular weight excluding hydrogens is 332 g/mol. The largest absolute Gasteiger partial charge is 0.377 e. The molecule has 18 heavy (non-hydrogen) atoms. The van der Waals surface area contributed by atoms with Crippen molar-refractivity contribution >= 4 is 44.6 Å². The fourth-order valence-corrected chi connectivity index (χ4v) is 2.95. The average Bonchev–Trinajstić information content (AvgIpc) is 2.76. The Morgan fingerprint density at radius 1 is 1.44 bits per heavy atom. The van der Waals surface area contributed by atoms with E-state index in [9.17, 15) is 0 Å². The quantitative estimate of drug-likeness (QED) is 0.832. The molecule has 1 aromatic carbocycles. The van der Waals surface area contributed by atoms with E-state index in [0.29, 0.717) is 5.56 Å². The first-order valence-electron chi connectivity index (χ1n) is 5.30. The van der Waals surface area contributed by atoms with Crippen molar-refractivity contribution in [3.05, 3.63) is 49.6 Å². The predicted octanol–water partition coefficient (Wildman–Crippen LogP) is 5.21. The van der Waals surface area contributed by atoms with E-state index in [1.165, 1.54) is 11.3 Å². The number of nitrogens with zero attached hydrogens (tertiary/aromatic N) is 1. The second-order valence-electron chi connectivity index (χ2n) is 3.85. The van der Waals surface area contributed by atoms with Gasteiger partial charge in [-0.1, -0.05) is 27.5 Å². The van der Waals surface area contributed by atoms with Crippen molar-refractivity contribution in [3.8, 4) is 6.07 Å². The van der Waals surface area contributed by atoms with Gasteiger partial charge in [-0.2, -0.15) is 5.26 Å². The van der Waals surface area contributed by atoms with Crippen LogP contribution in [0.2, 0.25) is 4.34 Å². The molecule has 0 aliphatic rings. The molecule has 1 heterocycles. The SMILES string of the molecule is CC(Nc1cc(Br)ccc1C#N)c1csc(Cl)c1. The molecule has 2 nitrogen and oxygen atoms in total. The van der Waals surface area contributed by atoms with Crippen LogP contribution in [0.15, 0.2) is 34.1 Å². The van der Waals surface area contributed by atoms with Gasteiger partial charge in [0.05, 0.1) is 15.6 Å². The topological polar surface area (TPSA) is 35.8 Å². The zero-order chi connectivity index (χ0) is 13.1. The highest BCUT2D eigenvalue weighted by molar-refractivity contribution is 9.10. The van der Waals surface area contributed by atoms with Gasteiger partial charge in [0.25, 0.3) is 0 Å². The van der Waals surface area contributed by atoms with Crippen molar-refractivity contribution in [1.29, 1.82) is 5.26 Å². The third-order valence-corrected chi connectivity index (χ3v) is 4.16. The van der Waals surface area contributed by atoms with Crippen LogP contribution in [0.4, 0.5) is 5.69 Å². The van der Waals surface area contributed by atoms with Gasteiger partial charge < -0.3 is 5.32 Å². The summed E-state index contributed by atoms with van der Waals surface area (Å²) in [4.78, 5) is 0. The smallest absolute Gasteiger partial charge is 0.101 e. The highest BCUT2D eigenvalue weighted by Gasteiger charge is 2.10. The van der Waals surface area contributed by atoms with Crippen molar-refractivity contribution in [2.24, 2.45) is 0 Å². The van der Waals surface area contributed by atoms with Crippen LogP contribution < -0.4 is 5.32 Å². The number of nitriles is 1. The Balaban J connectivity index is 2.24. The fourth-order valence-electron chi connectivity index (χ4n) is 1.60. The highest BCUT2D eigenvalue weighted by atomic mass is 79.9. The third kappa shape index (κ3) is 3.05. The van der Waals surface area contributed by atoms with Crippen LogP contribution in [0.25, 0.3) is 0 Å². The number of benzene rings is 1. The van der Waals surface area contributed by atoms with Crippen molar-refractivity contribution in [2.75, 3.05) is 5.32 Å². The minimum absolute atomic E-state index is 0.107. The summed E-state index contributed by atoms with van der Waals surface area (Å²) in [6, 6.07) is 9.78. The van der Waals surface area contributed by atoms with Gasteiger partial charge in [0, 0.05) is 10.5 Å². The summed E-state index contributed by atoms with van der Waals surface area (Å²) in [5.74, 6) is 0. The van der Waals surface area contributed by atoms with Crippen LogP contribution >= 0.6 is 38.9 Å². The maximum absolute atomic E-state index is 9.07. The zero-order valence-electron chi connectivity index (χ0n) is 9.58. The number of nitrogens with one attached hydrogen (secondary N) is 1. The predicted molar refractivity (Wildman–Crippen MR) is 80.2 cm³/mol. The summed E-state index contributed by atoms with van der Waals surface area (Å²) < 4.78 is 1.72. The number of thiophene rings is 1. The zero-order valence-corrected chi connectivity index (χ0v) is 12.7. The molecule has 0 radical (unpaired) electrons. The van der Waals surface area contributed by atoms with Gasteiger partial charge in [0.15, 0.2) is 0 Å². The normalized spacial score (nSPS) is 11.9. The molecule has 0 fully saturated rings. The van der Waals surface area contributed by atoms with Crippen molar-refractivity contribution < 1.29 is 0 Å². The molecule has 0 saturated heterocycles. The molecule has 1 aromatic heterocycles. The van der Waals surface area contributed by atoms with Gasteiger partial charge in [-0.05, 0) is 42.1 Å². The van der Waals surface area contributed by atoms with Gasteiger partial charge in [-0.15, -0.1) is 11.3 Å². The summed E-state index contributed by atoms with van der Waals surface area (Å²) in [6.07, 6.45) is 0. The summed E-state index contributed by atoms with van der Waals surface area (Å²) in [5, 5.41) is 14.4. The van der Waals surface area contributed by atoms with E-state index in [-0.39, 0.29) is 6.04 Å². The first-order chi connectivity index (χ1) is 8.60. The highest BCUT2D eigenvalue weighted by Crippen LogP contribution is 2.29. The van der Waals surface area contributed by atoms with Crippen LogP contribution in [-0.4, -0.2) is 0 Å². The summed E-state index contributed by atoms with van der Waals surface area (Å²) in [6.45, 7) is 2.04. The fraction of sp³-hybridized carbons (Fsp3) is 0.154. The molecule has 2 aromatic rings. The number of rotatable bonds is 3. The summed E-state index contributed by atoms with van der Waals surface area (Å²) in [7, 11) is 0. The number of halogens is 2. The van der Waals surface area contributed by atoms with Crippen LogP contribution in [-0.2, 0) is 0 Å². The Kier molecular flexibility index (Phi) is 4.28. The van der Waals surface area contributed by atoms with Crippen molar-refractivity contribution in [3.63, 3.8) is 0 Å². The number of hydrogen-bond donors (Lipinski definition) is 1. The lowest BCUT2D eigenvalue weighted by Crippen LogP contribution is -2.06. The van der Waals surface area contributed by atoms with Gasteiger partial charge in [0.2, 0.25) is 0 Å². The van der Waals surface area contributed by atoms with Crippen LogP contribution in [0.5, 0.6) is 0 Å². The molecule has 1 N–H and O–H groups in total. The Morgan fingerprint density at radius 2 is 2.22 bits per heavy atom. The minimum atomic E-state index is 0.107. The van der Waals surface area contributed by atoms with Crippen LogP contribution in [0.1, 0.15) is 24.1 Å². The van der Waals surface area contributed by atoms with E-state index in [0.717, 1.165) is 20.1 Å². The van der Waals surface area contributed by atoms with E-state index < -0.39 is 0 Å². The van der Waals surface area contributed by atoms with Gasteiger partial charge >= 0.3 is 0 Å². The van der Waals surface area contributed by atoms with E-state index >= 15 is 0 Å². The molecule has 1 unspecified atom stereocenters. The number of anilines is 1. The minimum Gasteiger partial charge on any atom is -0.377 e. The average molecular weight is 342 g/mol. The Hall–Kier alpha value is -1.02. The van der Waals surface area contributed by atoms with E-state index in [2.05, 4.69) is 27.3 Å². The van der Waals surface area contributed by atoms with E-state index in [4.69, 9.17) is 16.9 Å². The molecule has 0 bridgehead atoms. The molecule has 5 heteroatoms. The molecule has 0 spiro atoms. The van der Waals surface area contributed by atoms with Gasteiger partial charge in [-0.25, -0.2) is 0 Å². The monoisotopic (exact) mass is 340 g/mol. The first kappa shape index (κ1) is 13.4. The Morgan fingerprint density at radius 3 is 2.83 bits per heavy atom. The molecule has 0 aliphatic carbocycles. The molecule has 0 amide bonds. The molecule has 0 saturated carbocycles. The lowest BCUT2D eigenvalue weighted by Gasteiger charge is -2.15. The van der Waals surface area contributed by atoms with Crippen molar-refractivity contribution in [2.45, 2.75) is 13.0 Å². The second-order valence-corrected chi connectivity index (χ2v) is 6.31. The third-order valence-electron chi connectivity index (χ3n) is 2.56. The van der Waals surface area contributed by atoms with Crippen LogP contribution in [0, 0.1) is 11.3 Å². The van der Waals surface area contributed by atoms with Gasteiger partial charge in [0.1, 0.15) is 6.07 Å². The summed E-state index contributed by atoms with van der Waals surface area (Å²) in [5.41, 5.74) is 2.57. The number of hydrogen-bond acceptors (Lipinski definition) is 3. The van der Waals surface area contributed by atoms with E-state index in [1.807, 2.05) is 30.5 Å². The maximum Gasteiger partial charge on any atom is 0.101 e. The van der Waals surface area contributed by atoms with E-state index in [1.54, 1.807) is 6.07 Å². The Bertz CT molecular complexity index is 603. The van der Waals surface area contributed by atoms with Gasteiger partial charge in [-0.3, -0.25) is 0 Å². The van der Waals surface area contributed by atoms with Crippen LogP contribution in [0.3, 0.4) is 0 Å². The second kappa shape index (κ2) is 5.75. The molecule has 2 rings (SSSR count). The lowest BCUT2D eigenvalue weighted by molar-refractivity contribution is 0.889.